The summed E-state index contributed by atoms with van der Waals surface area (Å²) in [6.07, 6.45) is 0. The van der Waals surface area contributed by atoms with E-state index in [0.29, 0.717) is 0 Å². The Morgan fingerprint density at radius 1 is 0.909 bits per heavy atom. The number of benzene rings is 2. The Kier molecular flexibility index (Phi) is 6.40. The molecule has 2 N–H and O–H groups in total. The lowest BCUT2D eigenvalue weighted by molar-refractivity contribution is 0.111. The molecule has 0 spiro atoms. The summed E-state index contributed by atoms with van der Waals surface area (Å²) in [7, 11) is 0. The van der Waals surface area contributed by atoms with Gasteiger partial charge < -0.3 is 10.4 Å². The zero-order valence-corrected chi connectivity index (χ0v) is 13.4. The van der Waals surface area contributed by atoms with Gasteiger partial charge in [0.25, 0.3) is 0 Å². The van der Waals surface area contributed by atoms with Gasteiger partial charge in [-0.3, -0.25) is 4.90 Å². The third-order valence-electron chi connectivity index (χ3n) is 4.17. The second kappa shape index (κ2) is 8.30. The highest BCUT2D eigenvalue weighted by atomic mass is 35.5. The lowest BCUT2D eigenvalue weighted by Gasteiger charge is -2.34. The maximum absolute atomic E-state index is 9.76. The predicted molar refractivity (Wildman–Crippen MR) is 93.4 cm³/mol. The highest BCUT2D eigenvalue weighted by Gasteiger charge is 2.21. The third kappa shape index (κ3) is 3.87. The molecule has 3 nitrogen and oxygen atoms in total. The first-order chi connectivity index (χ1) is 10.4. The average Bonchev–Trinajstić information content (AvgIpc) is 2.58. The van der Waals surface area contributed by atoms with E-state index < -0.39 is 0 Å². The summed E-state index contributed by atoms with van der Waals surface area (Å²) in [6, 6.07) is 19.1. The third-order valence-corrected chi connectivity index (χ3v) is 4.17. The van der Waals surface area contributed by atoms with Gasteiger partial charge in [-0.15, -0.1) is 12.4 Å². The predicted octanol–water partition coefficient (Wildman–Crippen LogP) is 2.71. The summed E-state index contributed by atoms with van der Waals surface area (Å²) in [6.45, 7) is 4.15. The van der Waals surface area contributed by atoms with Crippen LogP contribution in [0.2, 0.25) is 0 Å². The fourth-order valence-electron chi connectivity index (χ4n) is 2.95. The van der Waals surface area contributed by atoms with Crippen molar-refractivity contribution >= 4 is 12.4 Å². The standard InChI is InChI=1S/C18H22N2O.ClH/c21-14-18(20-12-10-19-11-13-20)17-8-6-16(7-9-17)15-4-2-1-3-5-15;/h1-9,18-19,21H,10-14H2;1H/t18-;/m0./s1. The molecular formula is C18H23ClN2O. The molecule has 22 heavy (non-hydrogen) atoms. The summed E-state index contributed by atoms with van der Waals surface area (Å²) >= 11 is 0. The van der Waals surface area contributed by atoms with Crippen molar-refractivity contribution in [1.29, 1.82) is 0 Å². The van der Waals surface area contributed by atoms with Crippen molar-refractivity contribution in [2.45, 2.75) is 6.04 Å². The van der Waals surface area contributed by atoms with Crippen LogP contribution in [0.15, 0.2) is 54.6 Å². The monoisotopic (exact) mass is 318 g/mol. The minimum absolute atomic E-state index is 0. The Hall–Kier alpha value is -1.39. The zero-order valence-electron chi connectivity index (χ0n) is 12.6. The molecule has 3 rings (SSSR count). The van der Waals surface area contributed by atoms with Gasteiger partial charge in [0.1, 0.15) is 0 Å². The van der Waals surface area contributed by atoms with Crippen molar-refractivity contribution in [3.05, 3.63) is 60.2 Å². The van der Waals surface area contributed by atoms with Gasteiger partial charge in [0, 0.05) is 26.2 Å². The van der Waals surface area contributed by atoms with Crippen molar-refractivity contribution in [3.63, 3.8) is 0 Å². The summed E-state index contributed by atoms with van der Waals surface area (Å²) in [5, 5.41) is 13.1. The molecule has 0 saturated carbocycles. The molecule has 1 atom stereocenters. The van der Waals surface area contributed by atoms with Crippen molar-refractivity contribution in [2.24, 2.45) is 0 Å². The Balaban J connectivity index is 0.00000176. The van der Waals surface area contributed by atoms with Gasteiger partial charge in [0.2, 0.25) is 0 Å². The number of nitrogens with zero attached hydrogens (tertiary/aromatic N) is 1. The van der Waals surface area contributed by atoms with E-state index in [1.165, 1.54) is 16.7 Å². The number of hydrogen-bond donors (Lipinski definition) is 2. The van der Waals surface area contributed by atoms with Crippen LogP contribution in [-0.2, 0) is 0 Å². The molecule has 2 aromatic carbocycles. The zero-order chi connectivity index (χ0) is 14.5. The van der Waals surface area contributed by atoms with E-state index in [1.54, 1.807) is 0 Å². The molecule has 0 bridgehead atoms. The van der Waals surface area contributed by atoms with Crippen molar-refractivity contribution in [3.8, 4) is 11.1 Å². The molecule has 1 aliphatic heterocycles. The van der Waals surface area contributed by atoms with Crippen molar-refractivity contribution in [2.75, 3.05) is 32.8 Å². The maximum atomic E-state index is 9.76. The summed E-state index contributed by atoms with van der Waals surface area (Å²) in [5.74, 6) is 0. The SMILES string of the molecule is Cl.OC[C@@H](c1ccc(-c2ccccc2)cc1)N1CCNCC1. The Morgan fingerprint density at radius 3 is 2.09 bits per heavy atom. The molecule has 4 heteroatoms. The van der Waals surface area contributed by atoms with E-state index in [4.69, 9.17) is 0 Å². The topological polar surface area (TPSA) is 35.5 Å². The number of aliphatic hydroxyl groups is 1. The molecule has 0 unspecified atom stereocenters. The second-order valence-corrected chi connectivity index (χ2v) is 5.47. The van der Waals surface area contributed by atoms with E-state index in [0.717, 1.165) is 26.2 Å². The number of nitrogens with one attached hydrogen (secondary N) is 1. The van der Waals surface area contributed by atoms with Crippen LogP contribution in [0.5, 0.6) is 0 Å². The summed E-state index contributed by atoms with van der Waals surface area (Å²) in [4.78, 5) is 2.36. The smallest absolute Gasteiger partial charge is 0.0628 e. The maximum Gasteiger partial charge on any atom is 0.0628 e. The van der Waals surface area contributed by atoms with Gasteiger partial charge in [0.15, 0.2) is 0 Å². The van der Waals surface area contributed by atoms with Gasteiger partial charge in [-0.25, -0.2) is 0 Å². The first-order valence-electron chi connectivity index (χ1n) is 7.59. The molecular weight excluding hydrogens is 296 g/mol. The quantitative estimate of drug-likeness (QED) is 0.910. The van der Waals surface area contributed by atoms with E-state index >= 15 is 0 Å². The molecule has 0 radical (unpaired) electrons. The normalized spacial score (nSPS) is 16.8. The largest absolute Gasteiger partial charge is 0.394 e. The minimum atomic E-state index is 0. The lowest BCUT2D eigenvalue weighted by Crippen LogP contribution is -2.46. The first-order valence-corrected chi connectivity index (χ1v) is 7.59. The van der Waals surface area contributed by atoms with Crippen LogP contribution in [-0.4, -0.2) is 42.8 Å². The number of piperazine rings is 1. The Labute approximate surface area is 138 Å². The highest BCUT2D eigenvalue weighted by molar-refractivity contribution is 5.85. The van der Waals surface area contributed by atoms with Crippen LogP contribution < -0.4 is 5.32 Å². The first kappa shape index (κ1) is 17.0. The fourth-order valence-corrected chi connectivity index (χ4v) is 2.95. The van der Waals surface area contributed by atoms with Crippen LogP contribution >= 0.6 is 12.4 Å². The number of hydrogen-bond acceptors (Lipinski definition) is 3. The lowest BCUT2D eigenvalue weighted by atomic mass is 10.00. The average molecular weight is 319 g/mol. The molecule has 2 aromatic rings. The fraction of sp³-hybridized carbons (Fsp3) is 0.333. The Bertz CT molecular complexity index is 553. The van der Waals surface area contributed by atoms with Gasteiger partial charge in [-0.05, 0) is 16.7 Å². The van der Waals surface area contributed by atoms with Crippen LogP contribution in [0.25, 0.3) is 11.1 Å². The molecule has 1 fully saturated rings. The van der Waals surface area contributed by atoms with Gasteiger partial charge in [-0.2, -0.15) is 0 Å². The Morgan fingerprint density at radius 2 is 1.50 bits per heavy atom. The molecule has 0 aliphatic carbocycles. The van der Waals surface area contributed by atoms with Gasteiger partial charge in [-0.1, -0.05) is 54.6 Å². The molecule has 118 valence electrons. The van der Waals surface area contributed by atoms with Gasteiger partial charge >= 0.3 is 0 Å². The molecule has 1 heterocycles. The number of aliphatic hydroxyl groups excluding tert-OH is 1. The van der Waals surface area contributed by atoms with Crippen molar-refractivity contribution in [1.82, 2.24) is 10.2 Å². The second-order valence-electron chi connectivity index (χ2n) is 5.47. The number of rotatable bonds is 4. The summed E-state index contributed by atoms with van der Waals surface area (Å²) in [5.41, 5.74) is 3.64. The van der Waals surface area contributed by atoms with Crippen LogP contribution in [0.4, 0.5) is 0 Å². The van der Waals surface area contributed by atoms with Crippen LogP contribution in [0.1, 0.15) is 11.6 Å². The van der Waals surface area contributed by atoms with Crippen LogP contribution in [0.3, 0.4) is 0 Å². The van der Waals surface area contributed by atoms with E-state index in [-0.39, 0.29) is 25.1 Å². The molecule has 0 aromatic heterocycles. The van der Waals surface area contributed by atoms with E-state index in [2.05, 4.69) is 58.7 Å². The number of halogens is 1. The molecule has 0 amide bonds. The van der Waals surface area contributed by atoms with E-state index in [9.17, 15) is 5.11 Å². The van der Waals surface area contributed by atoms with Gasteiger partial charge in [0.05, 0.1) is 12.6 Å². The minimum Gasteiger partial charge on any atom is -0.394 e. The highest BCUT2D eigenvalue weighted by Crippen LogP contribution is 2.25. The van der Waals surface area contributed by atoms with Crippen molar-refractivity contribution < 1.29 is 5.11 Å². The molecule has 1 aliphatic rings. The van der Waals surface area contributed by atoms with E-state index in [1.807, 2.05) is 6.07 Å². The van der Waals surface area contributed by atoms with Crippen LogP contribution in [0, 0.1) is 0 Å². The molecule has 1 saturated heterocycles. The summed E-state index contributed by atoms with van der Waals surface area (Å²) < 4.78 is 0.